The van der Waals surface area contributed by atoms with Gasteiger partial charge in [0.1, 0.15) is 0 Å². The van der Waals surface area contributed by atoms with Gasteiger partial charge in [-0.2, -0.15) is 0 Å². The van der Waals surface area contributed by atoms with Crippen LogP contribution >= 0.6 is 0 Å². The van der Waals surface area contributed by atoms with Gasteiger partial charge in [0.2, 0.25) is 0 Å². The number of hydrogen-bond donors (Lipinski definition) is 0. The van der Waals surface area contributed by atoms with Gasteiger partial charge in [-0.3, -0.25) is 0 Å². The molecule has 0 unspecified atom stereocenters. The lowest BCUT2D eigenvalue weighted by Gasteiger charge is -2.24. The molecule has 0 heterocycles. The zero-order valence-corrected chi connectivity index (χ0v) is 7.83. The molecule has 3 aliphatic rings. The number of fused-ring (bicyclic) bond motifs is 5. The molecule has 5 atom stereocenters. The van der Waals surface area contributed by atoms with Crippen molar-refractivity contribution in [2.24, 2.45) is 29.6 Å². The molecule has 0 nitrogen and oxygen atoms in total. The second kappa shape index (κ2) is 2.04. The lowest BCUT2D eigenvalue weighted by Crippen LogP contribution is -2.19. The minimum atomic E-state index is 0.856. The molecule has 1 fully saturated rings. The molecule has 0 aromatic heterocycles. The molecule has 3 aliphatic carbocycles. The van der Waals surface area contributed by atoms with Crippen LogP contribution in [0.2, 0.25) is 0 Å². The third kappa shape index (κ3) is 0.646. The second-order valence-corrected chi connectivity index (χ2v) is 4.80. The zero-order valence-electron chi connectivity index (χ0n) is 7.83. The molecule has 3 rings (SSSR count). The van der Waals surface area contributed by atoms with Crippen LogP contribution in [0.5, 0.6) is 0 Å². The SMILES string of the molecule is CC1=C[C@H]2[C@H]([C@H]3C=C[C@H]2C3)[C@H]1C. The molecule has 0 heteroatoms. The molecule has 2 bridgehead atoms. The third-order valence-corrected chi connectivity index (χ3v) is 4.33. The maximum Gasteiger partial charge on any atom is -0.0128 e. The molecular weight excluding hydrogens is 144 g/mol. The van der Waals surface area contributed by atoms with E-state index in [1.54, 1.807) is 5.57 Å². The van der Waals surface area contributed by atoms with Crippen molar-refractivity contribution < 1.29 is 0 Å². The van der Waals surface area contributed by atoms with Crippen molar-refractivity contribution >= 4 is 0 Å². The van der Waals surface area contributed by atoms with Crippen LogP contribution in [-0.4, -0.2) is 0 Å². The first kappa shape index (κ1) is 6.94. The highest BCUT2D eigenvalue weighted by Gasteiger charge is 2.48. The van der Waals surface area contributed by atoms with E-state index in [9.17, 15) is 0 Å². The summed E-state index contributed by atoms with van der Waals surface area (Å²) < 4.78 is 0. The Labute approximate surface area is 74.4 Å². The van der Waals surface area contributed by atoms with Gasteiger partial charge in [-0.1, -0.05) is 30.7 Å². The predicted octanol–water partition coefficient (Wildman–Crippen LogP) is 3.02. The van der Waals surface area contributed by atoms with Crippen molar-refractivity contribution in [3.05, 3.63) is 23.8 Å². The van der Waals surface area contributed by atoms with Gasteiger partial charge >= 0.3 is 0 Å². The van der Waals surface area contributed by atoms with E-state index < -0.39 is 0 Å². The second-order valence-electron chi connectivity index (χ2n) is 4.80. The monoisotopic (exact) mass is 160 g/mol. The van der Waals surface area contributed by atoms with E-state index in [0.29, 0.717) is 0 Å². The Morgan fingerprint density at radius 1 is 1.25 bits per heavy atom. The normalized spacial score (nSPS) is 54.5. The summed E-state index contributed by atoms with van der Waals surface area (Å²) in [6, 6.07) is 0. The van der Waals surface area contributed by atoms with Crippen LogP contribution < -0.4 is 0 Å². The number of hydrogen-bond acceptors (Lipinski definition) is 0. The molecule has 0 aliphatic heterocycles. The summed E-state index contributed by atoms with van der Waals surface area (Å²) >= 11 is 0. The Hall–Kier alpha value is -0.520. The highest BCUT2D eigenvalue weighted by molar-refractivity contribution is 5.27. The van der Waals surface area contributed by atoms with Gasteiger partial charge in [0.25, 0.3) is 0 Å². The third-order valence-electron chi connectivity index (χ3n) is 4.33. The molecule has 1 saturated carbocycles. The molecule has 0 amide bonds. The molecule has 0 spiro atoms. The van der Waals surface area contributed by atoms with Crippen molar-refractivity contribution in [1.82, 2.24) is 0 Å². The van der Waals surface area contributed by atoms with E-state index in [-0.39, 0.29) is 0 Å². The first-order valence-electron chi connectivity index (χ1n) is 5.14. The fraction of sp³-hybridized carbons (Fsp3) is 0.667. The fourth-order valence-corrected chi connectivity index (χ4v) is 3.60. The van der Waals surface area contributed by atoms with E-state index in [1.807, 2.05) is 0 Å². The summed E-state index contributed by atoms with van der Waals surface area (Å²) in [5, 5.41) is 0. The maximum atomic E-state index is 2.55. The maximum absolute atomic E-state index is 2.55. The smallest absolute Gasteiger partial charge is 0.0128 e. The minimum Gasteiger partial charge on any atom is -0.0848 e. The van der Waals surface area contributed by atoms with Crippen LogP contribution in [0.15, 0.2) is 23.8 Å². The fourth-order valence-electron chi connectivity index (χ4n) is 3.60. The summed E-state index contributed by atoms with van der Waals surface area (Å²) in [6.45, 7) is 4.72. The van der Waals surface area contributed by atoms with Crippen LogP contribution in [0.3, 0.4) is 0 Å². The first-order chi connectivity index (χ1) is 5.77. The van der Waals surface area contributed by atoms with Gasteiger partial charge in [0, 0.05) is 0 Å². The highest BCUT2D eigenvalue weighted by Crippen LogP contribution is 2.56. The van der Waals surface area contributed by atoms with E-state index in [0.717, 1.165) is 29.6 Å². The summed E-state index contributed by atoms with van der Waals surface area (Å²) in [4.78, 5) is 0. The van der Waals surface area contributed by atoms with E-state index in [4.69, 9.17) is 0 Å². The molecule has 0 radical (unpaired) electrons. The Morgan fingerprint density at radius 2 is 2.00 bits per heavy atom. The van der Waals surface area contributed by atoms with Crippen LogP contribution in [0.25, 0.3) is 0 Å². The lowest BCUT2D eigenvalue weighted by molar-refractivity contribution is 0.320. The van der Waals surface area contributed by atoms with Gasteiger partial charge in [-0.05, 0) is 42.9 Å². The topological polar surface area (TPSA) is 0 Å². The van der Waals surface area contributed by atoms with Gasteiger partial charge in [0.15, 0.2) is 0 Å². The Balaban J connectivity index is 2.01. The number of rotatable bonds is 0. The highest BCUT2D eigenvalue weighted by atomic mass is 14.5. The first-order valence-corrected chi connectivity index (χ1v) is 5.14. The Bertz CT molecular complexity index is 272. The molecule has 12 heavy (non-hydrogen) atoms. The minimum absolute atomic E-state index is 0.856. The summed E-state index contributed by atoms with van der Waals surface area (Å²) in [6.07, 6.45) is 8.91. The molecule has 64 valence electrons. The van der Waals surface area contributed by atoms with Crippen LogP contribution in [0.1, 0.15) is 20.3 Å². The standard InChI is InChI=1S/C12H16/c1-7-5-11-9-3-4-10(6-9)12(11)8(7)2/h3-5,8-12H,6H2,1-2H3/t8-,9-,10-,11+,12-/m0/s1. The van der Waals surface area contributed by atoms with E-state index in [2.05, 4.69) is 32.1 Å². The average molecular weight is 160 g/mol. The quantitative estimate of drug-likeness (QED) is 0.478. The van der Waals surface area contributed by atoms with Gasteiger partial charge < -0.3 is 0 Å². The molecular formula is C12H16. The largest absolute Gasteiger partial charge is 0.0848 e. The average Bonchev–Trinajstić information content (AvgIpc) is 2.66. The van der Waals surface area contributed by atoms with Crippen LogP contribution in [0.4, 0.5) is 0 Å². The van der Waals surface area contributed by atoms with Crippen LogP contribution in [0, 0.1) is 29.6 Å². The predicted molar refractivity (Wildman–Crippen MR) is 50.6 cm³/mol. The summed E-state index contributed by atoms with van der Waals surface area (Å²) in [5.41, 5.74) is 1.64. The lowest BCUT2D eigenvalue weighted by atomic mass is 9.80. The van der Waals surface area contributed by atoms with Gasteiger partial charge in [0.05, 0.1) is 0 Å². The van der Waals surface area contributed by atoms with Crippen molar-refractivity contribution in [3.8, 4) is 0 Å². The summed E-state index contributed by atoms with van der Waals surface area (Å²) in [5.74, 6) is 4.56. The van der Waals surface area contributed by atoms with Crippen molar-refractivity contribution in [2.45, 2.75) is 20.3 Å². The van der Waals surface area contributed by atoms with E-state index >= 15 is 0 Å². The van der Waals surface area contributed by atoms with Crippen molar-refractivity contribution in [1.29, 1.82) is 0 Å². The van der Waals surface area contributed by atoms with E-state index in [1.165, 1.54) is 6.42 Å². The Kier molecular flexibility index (Phi) is 1.18. The van der Waals surface area contributed by atoms with Crippen molar-refractivity contribution in [2.75, 3.05) is 0 Å². The van der Waals surface area contributed by atoms with Gasteiger partial charge in [-0.15, -0.1) is 0 Å². The molecule has 0 aromatic carbocycles. The molecule has 0 N–H and O–H groups in total. The van der Waals surface area contributed by atoms with Gasteiger partial charge in [-0.25, -0.2) is 0 Å². The Morgan fingerprint density at radius 3 is 2.75 bits per heavy atom. The zero-order chi connectivity index (χ0) is 8.29. The summed E-state index contributed by atoms with van der Waals surface area (Å²) in [7, 11) is 0. The van der Waals surface area contributed by atoms with Crippen molar-refractivity contribution in [3.63, 3.8) is 0 Å². The number of allylic oxidation sites excluding steroid dienone is 4. The molecule has 0 saturated heterocycles. The van der Waals surface area contributed by atoms with Crippen LogP contribution in [-0.2, 0) is 0 Å². The molecule has 0 aromatic rings.